The van der Waals surface area contributed by atoms with E-state index in [1.54, 1.807) is 25.1 Å². The van der Waals surface area contributed by atoms with Crippen LogP contribution in [0, 0.1) is 0 Å². The lowest BCUT2D eigenvalue weighted by Crippen LogP contribution is -2.07. The first-order valence-corrected chi connectivity index (χ1v) is 9.89. The van der Waals surface area contributed by atoms with Gasteiger partial charge in [-0.25, -0.2) is 9.78 Å². The van der Waals surface area contributed by atoms with Gasteiger partial charge in [-0.3, -0.25) is 0 Å². The van der Waals surface area contributed by atoms with Crippen molar-refractivity contribution in [3.05, 3.63) is 96.2 Å². The monoisotopic (exact) mass is 397 g/mol. The van der Waals surface area contributed by atoms with E-state index in [0.29, 0.717) is 24.5 Å². The fraction of sp³-hybridized carbons (Fsp3) is 0.120. The van der Waals surface area contributed by atoms with E-state index in [1.807, 2.05) is 42.5 Å². The topological polar surface area (TPSA) is 70.1 Å². The first kappa shape index (κ1) is 19.5. The van der Waals surface area contributed by atoms with E-state index < -0.39 is 0 Å². The summed E-state index contributed by atoms with van der Waals surface area (Å²) < 4.78 is 7.30. The Bertz CT molecular complexity index is 1150. The summed E-state index contributed by atoms with van der Waals surface area (Å²) in [5.74, 6) is 0.189. The zero-order valence-electron chi connectivity index (χ0n) is 16.8. The van der Waals surface area contributed by atoms with Gasteiger partial charge in [0.1, 0.15) is 5.82 Å². The van der Waals surface area contributed by atoms with Gasteiger partial charge in [-0.2, -0.15) is 0 Å². The van der Waals surface area contributed by atoms with E-state index in [2.05, 4.69) is 33.8 Å². The van der Waals surface area contributed by atoms with Gasteiger partial charge in [0.2, 0.25) is 0 Å². The summed E-state index contributed by atoms with van der Waals surface area (Å²) >= 11 is 0. The average molecular weight is 397 g/mol. The molecule has 0 aliphatic carbocycles. The van der Waals surface area contributed by atoms with Crippen LogP contribution in [0.5, 0.6) is 0 Å². The molecule has 0 fully saturated rings. The number of carbonyl (C=O) groups excluding carboxylic acids is 1. The molecule has 2 heterocycles. The zero-order chi connectivity index (χ0) is 20.9. The van der Waals surface area contributed by atoms with E-state index >= 15 is 0 Å². The van der Waals surface area contributed by atoms with Crippen LogP contribution in [0.1, 0.15) is 23.0 Å². The van der Waals surface area contributed by atoms with Crippen LogP contribution < -0.4 is 5.73 Å². The standard InChI is InChI=1S/C25H23N3O2/c1-2-30-25(29)20-13-11-19(12-14-20)23-16-15-22(18-7-4-3-5-8-18)28(23)17-21-9-6-10-24(26)27-21/h3-16H,2,17H2,1H3,(H2,26,27). The number of benzene rings is 2. The molecule has 0 aliphatic heterocycles. The number of anilines is 1. The molecule has 2 aromatic carbocycles. The number of pyridine rings is 1. The summed E-state index contributed by atoms with van der Waals surface area (Å²) in [5, 5.41) is 0. The highest BCUT2D eigenvalue weighted by Gasteiger charge is 2.14. The number of ether oxygens (including phenoxy) is 1. The molecule has 0 saturated carbocycles. The van der Waals surface area contributed by atoms with Gasteiger partial charge in [0, 0.05) is 11.4 Å². The third-order valence-corrected chi connectivity index (χ3v) is 4.89. The number of aromatic nitrogens is 2. The summed E-state index contributed by atoms with van der Waals surface area (Å²) in [4.78, 5) is 16.4. The minimum atomic E-state index is -0.312. The Morgan fingerprint density at radius 3 is 2.17 bits per heavy atom. The molecule has 0 aliphatic rings. The van der Waals surface area contributed by atoms with Gasteiger partial charge >= 0.3 is 5.97 Å². The van der Waals surface area contributed by atoms with Crippen molar-refractivity contribution in [2.24, 2.45) is 0 Å². The number of hydrogen-bond donors (Lipinski definition) is 1. The quantitative estimate of drug-likeness (QED) is 0.464. The molecule has 0 saturated heterocycles. The lowest BCUT2D eigenvalue weighted by atomic mass is 10.1. The van der Waals surface area contributed by atoms with Crippen LogP contribution in [-0.2, 0) is 11.3 Å². The molecule has 0 unspecified atom stereocenters. The van der Waals surface area contributed by atoms with Gasteiger partial charge in [0.15, 0.2) is 0 Å². The van der Waals surface area contributed by atoms with Crippen molar-refractivity contribution in [2.45, 2.75) is 13.5 Å². The SMILES string of the molecule is CCOC(=O)c1ccc(-c2ccc(-c3ccccc3)n2Cc2cccc(N)n2)cc1. The summed E-state index contributed by atoms with van der Waals surface area (Å²) in [7, 11) is 0. The van der Waals surface area contributed by atoms with E-state index in [1.165, 1.54) is 0 Å². The Morgan fingerprint density at radius 2 is 1.53 bits per heavy atom. The van der Waals surface area contributed by atoms with Crippen LogP contribution in [-0.4, -0.2) is 22.1 Å². The van der Waals surface area contributed by atoms with Gasteiger partial charge in [0.05, 0.1) is 24.4 Å². The predicted molar refractivity (Wildman–Crippen MR) is 119 cm³/mol. The van der Waals surface area contributed by atoms with Crippen LogP contribution >= 0.6 is 0 Å². The molecule has 0 bridgehead atoms. The van der Waals surface area contributed by atoms with Gasteiger partial charge in [-0.15, -0.1) is 0 Å². The minimum absolute atomic E-state index is 0.312. The Kier molecular flexibility index (Phi) is 5.61. The number of carbonyl (C=O) groups is 1. The maximum atomic E-state index is 12.0. The molecule has 5 heteroatoms. The molecule has 0 spiro atoms. The number of nitrogen functional groups attached to an aromatic ring is 1. The third-order valence-electron chi connectivity index (χ3n) is 4.89. The number of rotatable bonds is 6. The molecule has 4 aromatic rings. The first-order valence-electron chi connectivity index (χ1n) is 9.89. The van der Waals surface area contributed by atoms with Crippen molar-refractivity contribution in [2.75, 3.05) is 12.3 Å². The molecule has 30 heavy (non-hydrogen) atoms. The summed E-state index contributed by atoms with van der Waals surface area (Å²) in [5.41, 5.74) is 11.6. The fourth-order valence-corrected chi connectivity index (χ4v) is 3.49. The Hall–Kier alpha value is -3.86. The Morgan fingerprint density at radius 1 is 0.867 bits per heavy atom. The molecular formula is C25H23N3O2. The van der Waals surface area contributed by atoms with Crippen LogP contribution in [0.4, 0.5) is 5.82 Å². The molecule has 150 valence electrons. The Labute approximate surface area is 175 Å². The molecule has 0 amide bonds. The second kappa shape index (κ2) is 8.66. The highest BCUT2D eigenvalue weighted by atomic mass is 16.5. The predicted octanol–water partition coefficient (Wildman–Crippen LogP) is 5.02. The van der Waals surface area contributed by atoms with Crippen molar-refractivity contribution in [3.8, 4) is 22.5 Å². The van der Waals surface area contributed by atoms with E-state index in [-0.39, 0.29) is 5.97 Å². The summed E-state index contributed by atoms with van der Waals surface area (Å²) in [6.07, 6.45) is 0. The van der Waals surface area contributed by atoms with Gasteiger partial charge in [0.25, 0.3) is 0 Å². The molecule has 2 aromatic heterocycles. The number of esters is 1. The van der Waals surface area contributed by atoms with Crippen molar-refractivity contribution in [3.63, 3.8) is 0 Å². The van der Waals surface area contributed by atoms with Crippen molar-refractivity contribution >= 4 is 11.8 Å². The smallest absolute Gasteiger partial charge is 0.338 e. The number of hydrogen-bond acceptors (Lipinski definition) is 4. The highest BCUT2D eigenvalue weighted by Crippen LogP contribution is 2.30. The molecule has 2 N–H and O–H groups in total. The normalized spacial score (nSPS) is 10.7. The van der Waals surface area contributed by atoms with Crippen LogP contribution in [0.25, 0.3) is 22.5 Å². The highest BCUT2D eigenvalue weighted by molar-refractivity contribution is 5.90. The van der Waals surface area contributed by atoms with Gasteiger partial charge < -0.3 is 15.0 Å². The molecule has 5 nitrogen and oxygen atoms in total. The molecule has 0 atom stereocenters. The molecular weight excluding hydrogens is 374 g/mol. The molecule has 4 rings (SSSR count). The van der Waals surface area contributed by atoms with Crippen LogP contribution in [0.15, 0.2) is 84.9 Å². The second-order valence-electron chi connectivity index (χ2n) is 6.91. The van der Waals surface area contributed by atoms with E-state index in [0.717, 1.165) is 28.2 Å². The maximum absolute atomic E-state index is 12.0. The largest absolute Gasteiger partial charge is 0.462 e. The Balaban J connectivity index is 1.76. The fourth-order valence-electron chi connectivity index (χ4n) is 3.49. The van der Waals surface area contributed by atoms with Gasteiger partial charge in [-0.05, 0) is 54.4 Å². The van der Waals surface area contributed by atoms with E-state index in [9.17, 15) is 4.79 Å². The van der Waals surface area contributed by atoms with Crippen molar-refractivity contribution < 1.29 is 9.53 Å². The lowest BCUT2D eigenvalue weighted by molar-refractivity contribution is 0.0526. The van der Waals surface area contributed by atoms with Gasteiger partial charge in [-0.1, -0.05) is 48.5 Å². The summed E-state index contributed by atoms with van der Waals surface area (Å²) in [6.45, 7) is 2.74. The van der Waals surface area contributed by atoms with E-state index in [4.69, 9.17) is 10.5 Å². The lowest BCUT2D eigenvalue weighted by Gasteiger charge is -2.14. The van der Waals surface area contributed by atoms with Crippen molar-refractivity contribution in [1.29, 1.82) is 0 Å². The zero-order valence-corrected chi connectivity index (χ0v) is 16.8. The number of nitrogens with two attached hydrogens (primary N) is 1. The number of nitrogens with zero attached hydrogens (tertiary/aromatic N) is 2. The second-order valence-corrected chi connectivity index (χ2v) is 6.91. The van der Waals surface area contributed by atoms with Crippen molar-refractivity contribution in [1.82, 2.24) is 9.55 Å². The first-order chi connectivity index (χ1) is 14.7. The molecule has 0 radical (unpaired) electrons. The van der Waals surface area contributed by atoms with Crippen LogP contribution in [0.3, 0.4) is 0 Å². The minimum Gasteiger partial charge on any atom is -0.462 e. The van der Waals surface area contributed by atoms with Crippen LogP contribution in [0.2, 0.25) is 0 Å². The average Bonchev–Trinajstić information content (AvgIpc) is 3.18. The maximum Gasteiger partial charge on any atom is 0.338 e. The summed E-state index contributed by atoms with van der Waals surface area (Å²) in [6, 6.07) is 27.6. The third kappa shape index (κ3) is 4.10.